The van der Waals surface area contributed by atoms with Crippen LogP contribution >= 0.6 is 0 Å². The average Bonchev–Trinajstić information content (AvgIpc) is 3.04. The van der Waals surface area contributed by atoms with E-state index >= 15 is 0 Å². The molecule has 7 nitrogen and oxygen atoms in total. The first-order valence-corrected chi connectivity index (χ1v) is 9.22. The van der Waals surface area contributed by atoms with E-state index in [9.17, 15) is 14.7 Å². The Labute approximate surface area is 162 Å². The third-order valence-electron chi connectivity index (χ3n) is 4.31. The predicted molar refractivity (Wildman–Crippen MR) is 107 cm³/mol. The number of nitrogens with zero attached hydrogens (tertiary/aromatic N) is 2. The molecule has 3 aromatic rings. The molecule has 1 heterocycles. The molecular formula is C21H22N4O3. The highest BCUT2D eigenvalue weighted by molar-refractivity contribution is 5.94. The summed E-state index contributed by atoms with van der Waals surface area (Å²) in [5.74, 6) is -0.533. The van der Waals surface area contributed by atoms with E-state index in [1.807, 2.05) is 36.4 Å². The van der Waals surface area contributed by atoms with Crippen molar-refractivity contribution in [2.75, 3.05) is 6.54 Å². The standard InChI is InChI=1S/C21H22N4O3/c26-18(24-25-19-16-11-6-7-12-17(16)23-21(19)28)13-5-2-8-14-22-20(27)15-9-3-1-4-10-15/h1,3-4,6-7,9-12,23,28H,2,5,8,13-14H2,(H,22,27). The van der Waals surface area contributed by atoms with Gasteiger partial charge >= 0.3 is 0 Å². The van der Waals surface area contributed by atoms with Crippen LogP contribution in [0.5, 0.6) is 5.88 Å². The number of azo groups is 1. The monoisotopic (exact) mass is 378 g/mol. The molecule has 0 saturated carbocycles. The minimum atomic E-state index is -0.335. The molecule has 0 aliphatic carbocycles. The number of hydrogen-bond acceptors (Lipinski definition) is 4. The highest BCUT2D eigenvalue weighted by Crippen LogP contribution is 2.35. The summed E-state index contributed by atoms with van der Waals surface area (Å²) in [6, 6.07) is 16.3. The zero-order valence-corrected chi connectivity index (χ0v) is 15.4. The van der Waals surface area contributed by atoms with Gasteiger partial charge < -0.3 is 15.4 Å². The third kappa shape index (κ3) is 5.03. The number of para-hydroxylation sites is 1. The first-order chi connectivity index (χ1) is 13.6. The number of hydrogen-bond donors (Lipinski definition) is 3. The zero-order valence-electron chi connectivity index (χ0n) is 15.4. The lowest BCUT2D eigenvalue weighted by Crippen LogP contribution is -2.24. The molecule has 0 aliphatic rings. The fourth-order valence-electron chi connectivity index (χ4n) is 2.84. The summed E-state index contributed by atoms with van der Waals surface area (Å²) in [5.41, 5.74) is 1.64. The van der Waals surface area contributed by atoms with Crippen molar-refractivity contribution in [3.05, 3.63) is 60.2 Å². The van der Waals surface area contributed by atoms with E-state index in [4.69, 9.17) is 0 Å². The number of benzene rings is 2. The van der Waals surface area contributed by atoms with Gasteiger partial charge in [-0.1, -0.05) is 42.8 Å². The lowest BCUT2D eigenvalue weighted by molar-refractivity contribution is -0.118. The van der Waals surface area contributed by atoms with Crippen molar-refractivity contribution >= 4 is 28.4 Å². The van der Waals surface area contributed by atoms with Gasteiger partial charge in [0, 0.05) is 23.9 Å². The fraction of sp³-hybridized carbons (Fsp3) is 0.238. The topological polar surface area (TPSA) is 107 Å². The largest absolute Gasteiger partial charge is 0.493 e. The first-order valence-electron chi connectivity index (χ1n) is 9.22. The van der Waals surface area contributed by atoms with Crippen LogP contribution < -0.4 is 5.32 Å². The molecule has 3 N–H and O–H groups in total. The molecule has 144 valence electrons. The van der Waals surface area contributed by atoms with Crippen LogP contribution in [0.25, 0.3) is 10.9 Å². The van der Waals surface area contributed by atoms with Crippen LogP contribution in [-0.2, 0) is 4.79 Å². The number of carbonyl (C=O) groups excluding carboxylic acids is 2. The Morgan fingerprint density at radius 2 is 1.71 bits per heavy atom. The van der Waals surface area contributed by atoms with Crippen LogP contribution in [0.15, 0.2) is 64.8 Å². The minimum absolute atomic E-state index is 0.0935. The number of H-pyrrole nitrogens is 1. The summed E-state index contributed by atoms with van der Waals surface area (Å²) < 4.78 is 0. The predicted octanol–water partition coefficient (Wildman–Crippen LogP) is 4.47. The summed E-state index contributed by atoms with van der Waals surface area (Å²) in [6.07, 6.45) is 2.53. The van der Waals surface area contributed by atoms with Gasteiger partial charge in [-0.2, -0.15) is 0 Å². The normalized spacial score (nSPS) is 11.1. The number of fused-ring (bicyclic) bond motifs is 1. The lowest BCUT2D eigenvalue weighted by Gasteiger charge is -2.04. The van der Waals surface area contributed by atoms with Gasteiger partial charge in [0.1, 0.15) is 0 Å². The number of carbonyl (C=O) groups is 2. The molecule has 0 fully saturated rings. The fourth-order valence-corrected chi connectivity index (χ4v) is 2.84. The number of aromatic amines is 1. The second-order valence-corrected chi connectivity index (χ2v) is 6.39. The zero-order chi connectivity index (χ0) is 19.8. The van der Waals surface area contributed by atoms with Gasteiger partial charge in [-0.15, -0.1) is 10.2 Å². The summed E-state index contributed by atoms with van der Waals surface area (Å²) in [6.45, 7) is 0.562. The van der Waals surface area contributed by atoms with Crippen LogP contribution in [0.2, 0.25) is 0 Å². The van der Waals surface area contributed by atoms with Gasteiger partial charge in [0.05, 0.1) is 5.52 Å². The maximum Gasteiger partial charge on any atom is 0.264 e. The van der Waals surface area contributed by atoms with Gasteiger partial charge in [-0.05, 0) is 31.0 Å². The van der Waals surface area contributed by atoms with Gasteiger partial charge in [0.15, 0.2) is 5.69 Å². The Morgan fingerprint density at radius 1 is 0.964 bits per heavy atom. The lowest BCUT2D eigenvalue weighted by atomic mass is 10.2. The van der Waals surface area contributed by atoms with E-state index in [-0.39, 0.29) is 29.8 Å². The maximum absolute atomic E-state index is 11.9. The van der Waals surface area contributed by atoms with Crippen molar-refractivity contribution < 1.29 is 14.7 Å². The second kappa shape index (κ2) is 9.45. The molecule has 0 saturated heterocycles. The number of aromatic nitrogens is 1. The van der Waals surface area contributed by atoms with Gasteiger partial charge in [0.2, 0.25) is 5.88 Å². The van der Waals surface area contributed by atoms with Crippen LogP contribution in [0, 0.1) is 0 Å². The molecule has 7 heteroatoms. The molecule has 0 unspecified atom stereocenters. The average molecular weight is 378 g/mol. The molecule has 28 heavy (non-hydrogen) atoms. The summed E-state index contributed by atoms with van der Waals surface area (Å²) in [4.78, 5) is 26.6. The number of rotatable bonds is 8. The molecule has 0 spiro atoms. The van der Waals surface area contributed by atoms with Crippen LogP contribution in [0.4, 0.5) is 5.69 Å². The molecule has 1 aromatic heterocycles. The molecule has 0 radical (unpaired) electrons. The Balaban J connectivity index is 1.37. The SMILES string of the molecule is O=C(CCCCCNC(=O)c1ccccc1)N=Nc1c(O)[nH]c2ccccc12. The molecular weight excluding hydrogens is 356 g/mol. The molecule has 2 aromatic carbocycles. The summed E-state index contributed by atoms with van der Waals surface area (Å²) in [5, 5.41) is 21.1. The van der Waals surface area contributed by atoms with E-state index < -0.39 is 0 Å². The van der Waals surface area contributed by atoms with E-state index in [0.717, 1.165) is 18.4 Å². The number of amides is 2. The van der Waals surface area contributed by atoms with Crippen LogP contribution in [0.1, 0.15) is 36.0 Å². The van der Waals surface area contributed by atoms with E-state index in [1.165, 1.54) is 0 Å². The van der Waals surface area contributed by atoms with Crippen molar-refractivity contribution in [3.8, 4) is 5.88 Å². The maximum atomic E-state index is 11.9. The minimum Gasteiger partial charge on any atom is -0.493 e. The van der Waals surface area contributed by atoms with Crippen LogP contribution in [0.3, 0.4) is 0 Å². The second-order valence-electron chi connectivity index (χ2n) is 6.39. The Hall–Kier alpha value is -3.48. The van der Waals surface area contributed by atoms with E-state index in [0.29, 0.717) is 23.9 Å². The van der Waals surface area contributed by atoms with Crippen LogP contribution in [-0.4, -0.2) is 28.4 Å². The number of unbranched alkanes of at least 4 members (excludes halogenated alkanes) is 2. The van der Waals surface area contributed by atoms with Crippen molar-refractivity contribution in [3.63, 3.8) is 0 Å². The van der Waals surface area contributed by atoms with Crippen molar-refractivity contribution in [1.29, 1.82) is 0 Å². The molecule has 0 atom stereocenters. The summed E-state index contributed by atoms with van der Waals surface area (Å²) >= 11 is 0. The molecule has 2 amide bonds. The Bertz CT molecular complexity index is 980. The van der Waals surface area contributed by atoms with Gasteiger partial charge in [0.25, 0.3) is 11.8 Å². The quantitative estimate of drug-likeness (QED) is 0.397. The smallest absolute Gasteiger partial charge is 0.264 e. The number of nitrogens with one attached hydrogen (secondary N) is 2. The highest BCUT2D eigenvalue weighted by Gasteiger charge is 2.10. The van der Waals surface area contributed by atoms with Crippen molar-refractivity contribution in [2.24, 2.45) is 10.2 Å². The van der Waals surface area contributed by atoms with Gasteiger partial charge in [-0.25, -0.2) is 0 Å². The molecule has 0 aliphatic heterocycles. The van der Waals surface area contributed by atoms with Crippen molar-refractivity contribution in [2.45, 2.75) is 25.7 Å². The third-order valence-corrected chi connectivity index (χ3v) is 4.31. The first kappa shape index (κ1) is 19.3. The van der Waals surface area contributed by atoms with Gasteiger partial charge in [-0.3, -0.25) is 9.59 Å². The highest BCUT2D eigenvalue weighted by atomic mass is 16.3. The summed E-state index contributed by atoms with van der Waals surface area (Å²) in [7, 11) is 0. The Kier molecular flexibility index (Phi) is 6.51. The molecule has 3 rings (SSSR count). The Morgan fingerprint density at radius 3 is 2.54 bits per heavy atom. The number of aromatic hydroxyl groups is 1. The van der Waals surface area contributed by atoms with Crippen molar-refractivity contribution in [1.82, 2.24) is 10.3 Å². The van der Waals surface area contributed by atoms with E-state index in [1.54, 1.807) is 18.2 Å². The molecule has 0 bridgehead atoms. The van der Waals surface area contributed by atoms with E-state index in [2.05, 4.69) is 20.5 Å².